The van der Waals surface area contributed by atoms with E-state index in [0.717, 1.165) is 25.0 Å². The Bertz CT molecular complexity index is 894. The van der Waals surface area contributed by atoms with E-state index in [1.165, 1.54) is 12.1 Å². The maximum Gasteiger partial charge on any atom is 0.251 e. The Labute approximate surface area is 163 Å². The highest BCUT2D eigenvalue weighted by atomic mass is 35.5. The minimum absolute atomic E-state index is 0.0918. The zero-order chi connectivity index (χ0) is 19.3. The topological polar surface area (TPSA) is 84.5 Å². The van der Waals surface area contributed by atoms with E-state index in [1.54, 1.807) is 36.4 Å². The molecule has 1 saturated heterocycles. The lowest BCUT2D eigenvalue weighted by atomic mass is 10.1. The molecular weight excluding hydrogens is 388 g/mol. The Morgan fingerprint density at radius 1 is 1.19 bits per heavy atom. The van der Waals surface area contributed by atoms with E-state index >= 15 is 0 Å². The monoisotopic (exact) mass is 408 g/mol. The van der Waals surface area contributed by atoms with E-state index in [0.29, 0.717) is 17.1 Å². The zero-order valence-electron chi connectivity index (χ0n) is 14.7. The van der Waals surface area contributed by atoms with Crippen LogP contribution in [0.3, 0.4) is 0 Å². The number of hydrogen-bond acceptors (Lipinski definition) is 4. The van der Waals surface area contributed by atoms with Crippen LogP contribution in [0.15, 0.2) is 53.4 Å². The number of sulfonamides is 1. The van der Waals surface area contributed by atoms with Crippen molar-refractivity contribution in [3.63, 3.8) is 0 Å². The number of hydrogen-bond donors (Lipinski definition) is 2. The molecule has 1 fully saturated rings. The number of halogens is 1. The van der Waals surface area contributed by atoms with E-state index in [9.17, 15) is 13.2 Å². The first kappa shape index (κ1) is 19.8. The van der Waals surface area contributed by atoms with Crippen LogP contribution in [-0.4, -0.2) is 33.6 Å². The van der Waals surface area contributed by atoms with E-state index < -0.39 is 10.0 Å². The van der Waals surface area contributed by atoms with Gasteiger partial charge < -0.3 is 10.1 Å². The molecule has 6 nitrogen and oxygen atoms in total. The van der Waals surface area contributed by atoms with Gasteiger partial charge in [0.15, 0.2) is 0 Å². The molecule has 144 valence electrons. The minimum Gasteiger partial charge on any atom is -0.376 e. The van der Waals surface area contributed by atoms with Crippen LogP contribution in [0.1, 0.15) is 28.8 Å². The number of amides is 1. The van der Waals surface area contributed by atoms with Crippen molar-refractivity contribution in [2.75, 3.05) is 13.2 Å². The van der Waals surface area contributed by atoms with Gasteiger partial charge in [0.1, 0.15) is 0 Å². The van der Waals surface area contributed by atoms with Crippen LogP contribution in [-0.2, 0) is 21.3 Å². The van der Waals surface area contributed by atoms with Crippen LogP contribution in [0.5, 0.6) is 0 Å². The molecule has 1 heterocycles. The summed E-state index contributed by atoms with van der Waals surface area (Å²) in [7, 11) is -3.65. The summed E-state index contributed by atoms with van der Waals surface area (Å²) in [6.07, 6.45) is 2.08. The fraction of sp³-hybridized carbons (Fsp3) is 0.316. The summed E-state index contributed by atoms with van der Waals surface area (Å²) in [5.41, 5.74) is 1.27. The van der Waals surface area contributed by atoms with Crippen molar-refractivity contribution < 1.29 is 17.9 Å². The van der Waals surface area contributed by atoms with Gasteiger partial charge in [-0.25, -0.2) is 13.1 Å². The Balaban J connectivity index is 1.54. The number of rotatable bonds is 7. The Kier molecular flexibility index (Phi) is 6.49. The predicted molar refractivity (Wildman–Crippen MR) is 103 cm³/mol. The van der Waals surface area contributed by atoms with Crippen LogP contribution in [0.2, 0.25) is 5.02 Å². The van der Waals surface area contributed by atoms with E-state index in [1.807, 2.05) is 0 Å². The largest absolute Gasteiger partial charge is 0.376 e. The Morgan fingerprint density at radius 2 is 1.96 bits per heavy atom. The highest BCUT2D eigenvalue weighted by Crippen LogP contribution is 2.16. The van der Waals surface area contributed by atoms with Gasteiger partial charge in [0, 0.05) is 30.3 Å². The van der Waals surface area contributed by atoms with Gasteiger partial charge in [-0.3, -0.25) is 4.79 Å². The lowest BCUT2D eigenvalue weighted by molar-refractivity contribution is 0.0858. The molecule has 27 heavy (non-hydrogen) atoms. The molecule has 0 unspecified atom stereocenters. The van der Waals surface area contributed by atoms with Crippen LogP contribution < -0.4 is 10.0 Å². The fourth-order valence-electron chi connectivity index (χ4n) is 2.78. The van der Waals surface area contributed by atoms with Gasteiger partial charge in [0.05, 0.1) is 11.0 Å². The first-order chi connectivity index (χ1) is 12.9. The molecule has 2 N–H and O–H groups in total. The molecule has 2 aromatic carbocycles. The van der Waals surface area contributed by atoms with Gasteiger partial charge in [0.2, 0.25) is 10.0 Å². The second kappa shape index (κ2) is 8.84. The summed E-state index contributed by atoms with van der Waals surface area (Å²) in [5, 5.41) is 3.21. The van der Waals surface area contributed by atoms with Gasteiger partial charge in [-0.1, -0.05) is 29.8 Å². The molecule has 0 saturated carbocycles. The molecule has 1 atom stereocenters. The van der Waals surface area contributed by atoms with Crippen LogP contribution in [0.25, 0.3) is 0 Å². The van der Waals surface area contributed by atoms with Crippen LogP contribution >= 0.6 is 11.6 Å². The van der Waals surface area contributed by atoms with Gasteiger partial charge in [-0.05, 0) is 48.7 Å². The number of carbonyl (C=O) groups is 1. The van der Waals surface area contributed by atoms with Gasteiger partial charge in [0.25, 0.3) is 5.91 Å². The minimum atomic E-state index is -3.65. The lowest BCUT2D eigenvalue weighted by Crippen LogP contribution is -2.31. The molecule has 0 spiro atoms. The Morgan fingerprint density at radius 3 is 2.63 bits per heavy atom. The molecule has 1 aliphatic rings. The van der Waals surface area contributed by atoms with Gasteiger partial charge in [-0.2, -0.15) is 0 Å². The normalized spacial score (nSPS) is 17.0. The van der Waals surface area contributed by atoms with Crippen molar-refractivity contribution in [2.24, 2.45) is 0 Å². The molecule has 0 aliphatic carbocycles. The standard InChI is InChI=1S/C19H21ClN2O4S/c20-16-3-1-5-18(11-16)27(24,25)22-12-14-6-8-15(9-7-14)19(23)21-13-17-4-2-10-26-17/h1,3,5-9,11,17,22H,2,4,10,12-13H2,(H,21,23)/t17-/m1/s1. The highest BCUT2D eigenvalue weighted by Gasteiger charge is 2.17. The molecule has 0 bridgehead atoms. The van der Waals surface area contributed by atoms with Crippen molar-refractivity contribution in [3.05, 3.63) is 64.7 Å². The number of ether oxygens (including phenoxy) is 1. The summed E-state index contributed by atoms with van der Waals surface area (Å²) in [6, 6.07) is 12.9. The fourth-order valence-corrected chi connectivity index (χ4v) is 4.10. The average molecular weight is 409 g/mol. The molecule has 3 rings (SSSR count). The third-order valence-electron chi connectivity index (χ3n) is 4.30. The van der Waals surface area contributed by atoms with Crippen molar-refractivity contribution in [1.29, 1.82) is 0 Å². The van der Waals surface area contributed by atoms with E-state index in [2.05, 4.69) is 10.0 Å². The molecule has 2 aromatic rings. The smallest absolute Gasteiger partial charge is 0.251 e. The first-order valence-electron chi connectivity index (χ1n) is 8.68. The third kappa shape index (κ3) is 5.52. The van der Waals surface area contributed by atoms with Crippen molar-refractivity contribution in [1.82, 2.24) is 10.0 Å². The number of benzene rings is 2. The first-order valence-corrected chi connectivity index (χ1v) is 10.5. The van der Waals surface area contributed by atoms with Crippen LogP contribution in [0, 0.1) is 0 Å². The van der Waals surface area contributed by atoms with E-state index in [4.69, 9.17) is 16.3 Å². The lowest BCUT2D eigenvalue weighted by Gasteiger charge is -2.11. The summed E-state index contributed by atoms with van der Waals surface area (Å²) < 4.78 is 32.6. The van der Waals surface area contributed by atoms with Crippen LogP contribution in [0.4, 0.5) is 0 Å². The molecular formula is C19H21ClN2O4S. The number of carbonyl (C=O) groups excluding carboxylic acids is 1. The molecule has 0 radical (unpaired) electrons. The SMILES string of the molecule is O=C(NC[C@H]1CCCO1)c1ccc(CNS(=O)(=O)c2cccc(Cl)c2)cc1. The highest BCUT2D eigenvalue weighted by molar-refractivity contribution is 7.89. The maximum absolute atomic E-state index is 12.3. The van der Waals surface area contributed by atoms with Crippen molar-refractivity contribution in [2.45, 2.75) is 30.4 Å². The molecule has 1 aliphatic heterocycles. The summed E-state index contributed by atoms with van der Waals surface area (Å²) in [4.78, 5) is 12.3. The summed E-state index contributed by atoms with van der Waals surface area (Å²) in [6.45, 7) is 1.37. The quantitative estimate of drug-likeness (QED) is 0.737. The maximum atomic E-state index is 12.3. The molecule has 1 amide bonds. The van der Waals surface area contributed by atoms with Gasteiger partial charge >= 0.3 is 0 Å². The van der Waals surface area contributed by atoms with Gasteiger partial charge in [-0.15, -0.1) is 0 Å². The number of nitrogens with one attached hydrogen (secondary N) is 2. The van der Waals surface area contributed by atoms with Crippen molar-refractivity contribution in [3.8, 4) is 0 Å². The third-order valence-corrected chi connectivity index (χ3v) is 5.94. The second-order valence-corrected chi connectivity index (χ2v) is 8.53. The van der Waals surface area contributed by atoms with Crippen molar-refractivity contribution >= 4 is 27.5 Å². The molecule has 8 heteroatoms. The molecule has 0 aromatic heterocycles. The van der Waals surface area contributed by atoms with E-state index in [-0.39, 0.29) is 23.5 Å². The zero-order valence-corrected chi connectivity index (χ0v) is 16.2. The summed E-state index contributed by atoms with van der Waals surface area (Å²) >= 11 is 5.84. The second-order valence-electron chi connectivity index (χ2n) is 6.32. The summed E-state index contributed by atoms with van der Waals surface area (Å²) in [5.74, 6) is -0.170. The predicted octanol–water partition coefficient (Wildman–Crippen LogP) is 2.73. The average Bonchev–Trinajstić information content (AvgIpc) is 3.18. The Hall–Kier alpha value is -1.93.